The number of hydrogen-bond donors (Lipinski definition) is 1. The number of nitrogens with zero attached hydrogens (tertiary/aromatic N) is 2. The standard InChI is InChI=1S/C22H25N3O4/c1-24(13-18-15-28-19-8-2-3-9-20(19)29-18)14-21(26)23-16-6-4-7-17(12-16)25-11-5-10-22(25)27/h2-4,6-9,12,18H,5,10-11,13-15H2,1H3,(H,23,26)/t18-/m0/s1. The number of anilines is 2. The van der Waals surface area contributed by atoms with Gasteiger partial charge in [0.15, 0.2) is 11.5 Å². The smallest absolute Gasteiger partial charge is 0.238 e. The lowest BCUT2D eigenvalue weighted by Crippen LogP contribution is -2.42. The van der Waals surface area contributed by atoms with Gasteiger partial charge in [-0.25, -0.2) is 0 Å². The number of fused-ring (bicyclic) bond motifs is 1. The van der Waals surface area contributed by atoms with Crippen molar-refractivity contribution in [2.24, 2.45) is 0 Å². The maximum atomic E-state index is 12.5. The molecule has 2 aromatic rings. The Morgan fingerprint density at radius 1 is 1.21 bits per heavy atom. The third kappa shape index (κ3) is 4.68. The van der Waals surface area contributed by atoms with Gasteiger partial charge in [-0.05, 0) is 43.8 Å². The van der Waals surface area contributed by atoms with Crippen LogP contribution in [0.25, 0.3) is 0 Å². The van der Waals surface area contributed by atoms with Crippen LogP contribution in [0, 0.1) is 0 Å². The lowest BCUT2D eigenvalue weighted by Gasteiger charge is -2.29. The Morgan fingerprint density at radius 3 is 2.83 bits per heavy atom. The number of nitrogens with one attached hydrogen (secondary N) is 1. The van der Waals surface area contributed by atoms with Crippen molar-refractivity contribution >= 4 is 23.2 Å². The Morgan fingerprint density at radius 2 is 2.03 bits per heavy atom. The highest BCUT2D eigenvalue weighted by Crippen LogP contribution is 2.31. The quantitative estimate of drug-likeness (QED) is 0.814. The monoisotopic (exact) mass is 395 g/mol. The molecule has 1 fully saturated rings. The van der Waals surface area contributed by atoms with Crippen LogP contribution < -0.4 is 19.7 Å². The van der Waals surface area contributed by atoms with Crippen molar-refractivity contribution in [2.75, 3.05) is 43.5 Å². The fraction of sp³-hybridized carbons (Fsp3) is 0.364. The summed E-state index contributed by atoms with van der Waals surface area (Å²) in [5, 5.41) is 2.91. The topological polar surface area (TPSA) is 71.1 Å². The molecule has 1 atom stereocenters. The molecule has 4 rings (SSSR count). The summed E-state index contributed by atoms with van der Waals surface area (Å²) >= 11 is 0. The van der Waals surface area contributed by atoms with Gasteiger partial charge in [-0.3, -0.25) is 14.5 Å². The molecular weight excluding hydrogens is 370 g/mol. The molecule has 2 aliphatic heterocycles. The van der Waals surface area contributed by atoms with Crippen molar-refractivity contribution in [3.8, 4) is 11.5 Å². The van der Waals surface area contributed by atoms with Gasteiger partial charge >= 0.3 is 0 Å². The zero-order valence-corrected chi connectivity index (χ0v) is 16.5. The minimum Gasteiger partial charge on any atom is -0.486 e. The summed E-state index contributed by atoms with van der Waals surface area (Å²) in [6, 6.07) is 15.0. The first-order valence-corrected chi connectivity index (χ1v) is 9.86. The van der Waals surface area contributed by atoms with E-state index in [9.17, 15) is 9.59 Å². The first kappa shape index (κ1) is 19.3. The van der Waals surface area contributed by atoms with Gasteiger partial charge in [0, 0.05) is 30.9 Å². The average Bonchev–Trinajstić information content (AvgIpc) is 3.14. The van der Waals surface area contributed by atoms with Crippen molar-refractivity contribution in [2.45, 2.75) is 18.9 Å². The molecule has 0 spiro atoms. The van der Waals surface area contributed by atoms with E-state index in [0.717, 1.165) is 30.2 Å². The van der Waals surface area contributed by atoms with Gasteiger partial charge in [-0.2, -0.15) is 0 Å². The highest BCUT2D eigenvalue weighted by atomic mass is 16.6. The maximum Gasteiger partial charge on any atom is 0.238 e. The van der Waals surface area contributed by atoms with Gasteiger partial charge in [0.05, 0.1) is 6.54 Å². The van der Waals surface area contributed by atoms with Crippen molar-refractivity contribution in [3.05, 3.63) is 48.5 Å². The molecular formula is C22H25N3O4. The first-order chi connectivity index (χ1) is 14.1. The lowest BCUT2D eigenvalue weighted by molar-refractivity contribution is -0.118. The van der Waals surface area contributed by atoms with E-state index in [0.29, 0.717) is 25.3 Å². The van der Waals surface area contributed by atoms with Gasteiger partial charge in [0.1, 0.15) is 12.7 Å². The molecule has 2 heterocycles. The van der Waals surface area contributed by atoms with Crippen LogP contribution in [-0.2, 0) is 9.59 Å². The molecule has 2 aliphatic rings. The SMILES string of the molecule is CN(CC(=O)Nc1cccc(N2CCCC2=O)c1)C[C@H]1COc2ccccc2O1. The second kappa shape index (κ2) is 8.53. The van der Waals surface area contributed by atoms with Crippen LogP contribution in [0.15, 0.2) is 48.5 Å². The van der Waals surface area contributed by atoms with Crippen LogP contribution in [0.4, 0.5) is 11.4 Å². The summed E-state index contributed by atoms with van der Waals surface area (Å²) in [5.74, 6) is 1.49. The van der Waals surface area contributed by atoms with Gasteiger partial charge in [0.2, 0.25) is 11.8 Å². The van der Waals surface area contributed by atoms with Gasteiger partial charge in [-0.1, -0.05) is 18.2 Å². The Balaban J connectivity index is 1.29. The van der Waals surface area contributed by atoms with Crippen LogP contribution in [0.1, 0.15) is 12.8 Å². The highest BCUT2D eigenvalue weighted by Gasteiger charge is 2.23. The van der Waals surface area contributed by atoms with Crippen molar-refractivity contribution in [1.82, 2.24) is 4.90 Å². The normalized spacial score (nSPS) is 18.2. The molecule has 0 aliphatic carbocycles. The molecule has 0 bridgehead atoms. The Hall–Kier alpha value is -3.06. The first-order valence-electron chi connectivity index (χ1n) is 9.86. The number of hydrogen-bond acceptors (Lipinski definition) is 5. The molecule has 7 nitrogen and oxygen atoms in total. The summed E-state index contributed by atoms with van der Waals surface area (Å²) in [6.07, 6.45) is 1.32. The summed E-state index contributed by atoms with van der Waals surface area (Å²) in [5.41, 5.74) is 1.51. The van der Waals surface area contributed by atoms with Crippen molar-refractivity contribution in [1.29, 1.82) is 0 Å². The second-order valence-corrected chi connectivity index (χ2v) is 7.44. The number of likely N-dealkylation sites (N-methyl/N-ethyl adjacent to an activating group) is 1. The summed E-state index contributed by atoms with van der Waals surface area (Å²) < 4.78 is 11.7. The van der Waals surface area contributed by atoms with Crippen molar-refractivity contribution < 1.29 is 19.1 Å². The van der Waals surface area contributed by atoms with E-state index in [-0.39, 0.29) is 24.5 Å². The van der Waals surface area contributed by atoms with E-state index in [1.165, 1.54) is 0 Å². The molecule has 2 amide bonds. The van der Waals surface area contributed by atoms with E-state index < -0.39 is 0 Å². The molecule has 0 saturated carbocycles. The molecule has 7 heteroatoms. The van der Waals surface area contributed by atoms with E-state index in [1.54, 1.807) is 4.90 Å². The summed E-state index contributed by atoms with van der Waals surface area (Å²) in [4.78, 5) is 28.1. The third-order valence-corrected chi connectivity index (χ3v) is 5.01. The number of benzene rings is 2. The van der Waals surface area contributed by atoms with Crippen LogP contribution in [0.2, 0.25) is 0 Å². The van der Waals surface area contributed by atoms with Crippen LogP contribution >= 0.6 is 0 Å². The fourth-order valence-corrected chi connectivity index (χ4v) is 3.68. The summed E-state index contributed by atoms with van der Waals surface area (Å²) in [7, 11) is 1.88. The minimum absolute atomic E-state index is 0.116. The van der Waals surface area contributed by atoms with Crippen LogP contribution in [0.5, 0.6) is 11.5 Å². The Kier molecular flexibility index (Phi) is 5.67. The maximum absolute atomic E-state index is 12.5. The third-order valence-electron chi connectivity index (χ3n) is 5.01. The predicted octanol–water partition coefficient (Wildman–Crippen LogP) is 2.52. The molecule has 0 aromatic heterocycles. The number of carbonyl (C=O) groups excluding carboxylic acids is 2. The largest absolute Gasteiger partial charge is 0.486 e. The number of carbonyl (C=O) groups is 2. The zero-order chi connectivity index (χ0) is 20.2. The number of para-hydroxylation sites is 2. The summed E-state index contributed by atoms with van der Waals surface area (Å²) in [6.45, 7) is 1.99. The molecule has 2 aromatic carbocycles. The average molecular weight is 395 g/mol. The van der Waals surface area contributed by atoms with Crippen molar-refractivity contribution in [3.63, 3.8) is 0 Å². The molecule has 1 N–H and O–H groups in total. The van der Waals surface area contributed by atoms with Gasteiger partial charge in [-0.15, -0.1) is 0 Å². The number of rotatable bonds is 6. The highest BCUT2D eigenvalue weighted by molar-refractivity contribution is 5.97. The van der Waals surface area contributed by atoms with Crippen LogP contribution in [-0.4, -0.2) is 56.1 Å². The van der Waals surface area contributed by atoms with Gasteiger partial charge in [0.25, 0.3) is 0 Å². The minimum atomic E-state index is -0.132. The molecule has 1 saturated heterocycles. The molecule has 0 radical (unpaired) electrons. The van der Waals surface area contributed by atoms with E-state index in [4.69, 9.17) is 9.47 Å². The van der Waals surface area contributed by atoms with Crippen LogP contribution in [0.3, 0.4) is 0 Å². The second-order valence-electron chi connectivity index (χ2n) is 7.44. The lowest BCUT2D eigenvalue weighted by atomic mass is 10.2. The predicted molar refractivity (Wildman–Crippen MR) is 111 cm³/mol. The number of ether oxygens (including phenoxy) is 2. The Bertz CT molecular complexity index is 901. The van der Waals surface area contributed by atoms with E-state index in [1.807, 2.05) is 60.5 Å². The van der Waals surface area contributed by atoms with E-state index in [2.05, 4.69) is 5.32 Å². The Labute approximate surface area is 170 Å². The molecule has 152 valence electrons. The molecule has 0 unspecified atom stereocenters. The zero-order valence-electron chi connectivity index (χ0n) is 16.5. The van der Waals surface area contributed by atoms with E-state index >= 15 is 0 Å². The molecule has 29 heavy (non-hydrogen) atoms. The fourth-order valence-electron chi connectivity index (χ4n) is 3.68. The number of amides is 2. The van der Waals surface area contributed by atoms with Gasteiger partial charge < -0.3 is 19.7 Å².